The highest BCUT2D eigenvalue weighted by Crippen LogP contribution is 2.15. The minimum absolute atomic E-state index is 0.574. The van der Waals surface area contributed by atoms with Crippen LogP contribution in [0.15, 0.2) is 5.10 Å². The van der Waals surface area contributed by atoms with Crippen molar-refractivity contribution in [2.45, 2.75) is 19.9 Å². The van der Waals surface area contributed by atoms with Crippen molar-refractivity contribution in [3.8, 4) is 0 Å². The molecule has 0 saturated carbocycles. The minimum Gasteiger partial charge on any atom is -0.308 e. The summed E-state index contributed by atoms with van der Waals surface area (Å²) in [6, 6.07) is 0.574. The van der Waals surface area contributed by atoms with Gasteiger partial charge in [0.1, 0.15) is 0 Å². The Labute approximate surface area is 75.0 Å². The minimum atomic E-state index is 0.574. The molecule has 1 aliphatic rings. The van der Waals surface area contributed by atoms with Crippen LogP contribution in [0.25, 0.3) is 0 Å². The molecule has 0 N–H and O–H groups in total. The molecular weight excluding hydrogens is 150 g/mol. The van der Waals surface area contributed by atoms with Crippen molar-refractivity contribution in [3.05, 3.63) is 0 Å². The average molecular weight is 169 g/mol. The Bertz CT molecular complexity index is 165. The molecule has 0 aromatic heterocycles. The highest BCUT2D eigenvalue weighted by molar-refractivity contribution is 5.62. The smallest absolute Gasteiger partial charge is 0.0518 e. The maximum absolute atomic E-state index is 4.35. The zero-order valence-corrected chi connectivity index (χ0v) is 8.49. The Balaban J connectivity index is 2.30. The molecule has 0 saturated heterocycles. The summed E-state index contributed by atoms with van der Waals surface area (Å²) >= 11 is 0. The third-order valence-electron chi connectivity index (χ3n) is 2.46. The quantitative estimate of drug-likeness (QED) is 0.624. The topological polar surface area (TPSA) is 18.8 Å². The summed E-state index contributed by atoms with van der Waals surface area (Å²) < 4.78 is 0. The summed E-state index contributed by atoms with van der Waals surface area (Å²) in [6.07, 6.45) is 2.04. The molecule has 3 heteroatoms. The fourth-order valence-corrected chi connectivity index (χ4v) is 1.26. The second-order valence-electron chi connectivity index (χ2n) is 3.83. The van der Waals surface area contributed by atoms with Gasteiger partial charge in [-0.25, -0.2) is 0 Å². The van der Waals surface area contributed by atoms with Crippen molar-refractivity contribution >= 4 is 6.21 Å². The highest BCUT2D eigenvalue weighted by atomic mass is 15.5. The van der Waals surface area contributed by atoms with Gasteiger partial charge in [0.05, 0.1) is 6.04 Å². The lowest BCUT2D eigenvalue weighted by Gasteiger charge is -2.24. The number of hydrazone groups is 1. The highest BCUT2D eigenvalue weighted by Gasteiger charge is 2.22. The van der Waals surface area contributed by atoms with Crippen LogP contribution in [0.4, 0.5) is 0 Å². The first-order valence-electron chi connectivity index (χ1n) is 4.56. The van der Waals surface area contributed by atoms with Gasteiger partial charge in [-0.3, -0.25) is 5.01 Å². The van der Waals surface area contributed by atoms with Crippen LogP contribution in [-0.4, -0.2) is 49.4 Å². The maximum atomic E-state index is 4.35. The molecule has 1 aliphatic heterocycles. The number of nitrogens with zero attached hydrogens (tertiary/aromatic N) is 3. The van der Waals surface area contributed by atoms with E-state index in [1.165, 1.54) is 0 Å². The zero-order chi connectivity index (χ0) is 9.14. The summed E-state index contributed by atoms with van der Waals surface area (Å²) in [6.45, 7) is 6.56. The number of hydrogen-bond acceptors (Lipinski definition) is 3. The molecule has 2 atom stereocenters. The third kappa shape index (κ3) is 2.21. The molecular formula is C9H19N3. The number of hydrogen-bond donors (Lipinski definition) is 0. The normalized spacial score (nSPS) is 28.9. The van der Waals surface area contributed by atoms with Crippen molar-refractivity contribution in [3.63, 3.8) is 0 Å². The van der Waals surface area contributed by atoms with Crippen LogP contribution in [0.5, 0.6) is 0 Å². The monoisotopic (exact) mass is 169 g/mol. The SMILES string of the molecule is CC1C=NN(CCN(C)C)C1C. The molecule has 0 radical (unpaired) electrons. The Kier molecular flexibility index (Phi) is 3.09. The fourth-order valence-electron chi connectivity index (χ4n) is 1.26. The first-order valence-corrected chi connectivity index (χ1v) is 4.56. The predicted molar refractivity (Wildman–Crippen MR) is 52.4 cm³/mol. The van der Waals surface area contributed by atoms with E-state index in [4.69, 9.17) is 0 Å². The van der Waals surface area contributed by atoms with Crippen LogP contribution >= 0.6 is 0 Å². The van der Waals surface area contributed by atoms with Crippen molar-refractivity contribution in [2.75, 3.05) is 27.2 Å². The lowest BCUT2D eigenvalue weighted by atomic mass is 10.1. The van der Waals surface area contributed by atoms with Gasteiger partial charge in [0.15, 0.2) is 0 Å². The molecule has 1 rings (SSSR count). The Morgan fingerprint density at radius 2 is 2.08 bits per heavy atom. The maximum Gasteiger partial charge on any atom is 0.0518 e. The summed E-state index contributed by atoms with van der Waals surface area (Å²) in [5.41, 5.74) is 0. The molecule has 0 aromatic rings. The molecule has 1 heterocycles. The molecule has 0 aromatic carbocycles. The van der Waals surface area contributed by atoms with Gasteiger partial charge in [-0.2, -0.15) is 5.10 Å². The van der Waals surface area contributed by atoms with E-state index < -0.39 is 0 Å². The van der Waals surface area contributed by atoms with E-state index in [9.17, 15) is 0 Å². The van der Waals surface area contributed by atoms with E-state index in [2.05, 4.69) is 43.0 Å². The van der Waals surface area contributed by atoms with Gasteiger partial charge in [0, 0.05) is 25.2 Å². The standard InChI is InChI=1S/C9H19N3/c1-8-7-10-12(9(8)2)6-5-11(3)4/h7-9H,5-6H2,1-4H3. The number of likely N-dealkylation sites (N-methyl/N-ethyl adjacent to an activating group) is 1. The van der Waals surface area contributed by atoms with E-state index in [1.54, 1.807) is 0 Å². The van der Waals surface area contributed by atoms with E-state index in [0.29, 0.717) is 12.0 Å². The summed E-state index contributed by atoms with van der Waals surface area (Å²) in [5.74, 6) is 0.604. The van der Waals surface area contributed by atoms with Gasteiger partial charge in [0.25, 0.3) is 0 Å². The van der Waals surface area contributed by atoms with E-state index in [-0.39, 0.29) is 0 Å². The van der Waals surface area contributed by atoms with Crippen molar-refractivity contribution in [2.24, 2.45) is 11.0 Å². The van der Waals surface area contributed by atoms with Crippen LogP contribution in [0, 0.1) is 5.92 Å². The first kappa shape index (κ1) is 9.52. The van der Waals surface area contributed by atoms with Gasteiger partial charge in [-0.1, -0.05) is 6.92 Å². The zero-order valence-electron chi connectivity index (χ0n) is 8.49. The summed E-state index contributed by atoms with van der Waals surface area (Å²) in [7, 11) is 4.18. The largest absolute Gasteiger partial charge is 0.308 e. The lowest BCUT2D eigenvalue weighted by molar-refractivity contribution is 0.199. The molecule has 0 amide bonds. The third-order valence-corrected chi connectivity index (χ3v) is 2.46. The predicted octanol–water partition coefficient (Wildman–Crippen LogP) is 0.874. The van der Waals surface area contributed by atoms with Gasteiger partial charge in [0.2, 0.25) is 0 Å². The Morgan fingerprint density at radius 3 is 2.50 bits per heavy atom. The second-order valence-corrected chi connectivity index (χ2v) is 3.83. The second kappa shape index (κ2) is 3.90. The lowest BCUT2D eigenvalue weighted by Crippen LogP contribution is -2.33. The van der Waals surface area contributed by atoms with Crippen LogP contribution < -0.4 is 0 Å². The first-order chi connectivity index (χ1) is 5.61. The van der Waals surface area contributed by atoms with Gasteiger partial charge in [-0.15, -0.1) is 0 Å². The molecule has 0 spiro atoms. The number of rotatable bonds is 3. The van der Waals surface area contributed by atoms with E-state index in [0.717, 1.165) is 13.1 Å². The average Bonchev–Trinajstić information content (AvgIpc) is 2.30. The molecule has 0 aliphatic carbocycles. The van der Waals surface area contributed by atoms with Crippen LogP contribution in [0.1, 0.15) is 13.8 Å². The fraction of sp³-hybridized carbons (Fsp3) is 0.889. The van der Waals surface area contributed by atoms with Crippen molar-refractivity contribution < 1.29 is 0 Å². The molecule has 3 nitrogen and oxygen atoms in total. The molecule has 0 fully saturated rings. The van der Waals surface area contributed by atoms with Crippen LogP contribution in [-0.2, 0) is 0 Å². The molecule has 70 valence electrons. The molecule has 2 unspecified atom stereocenters. The van der Waals surface area contributed by atoms with E-state index in [1.807, 2.05) is 6.21 Å². The summed E-state index contributed by atoms with van der Waals surface area (Å²) in [4.78, 5) is 2.19. The summed E-state index contributed by atoms with van der Waals surface area (Å²) in [5, 5.41) is 6.52. The van der Waals surface area contributed by atoms with Crippen LogP contribution in [0.3, 0.4) is 0 Å². The van der Waals surface area contributed by atoms with Crippen molar-refractivity contribution in [1.82, 2.24) is 9.91 Å². The molecule has 0 bridgehead atoms. The Hall–Kier alpha value is -0.570. The van der Waals surface area contributed by atoms with Gasteiger partial charge < -0.3 is 4.90 Å². The van der Waals surface area contributed by atoms with Gasteiger partial charge in [-0.05, 0) is 21.0 Å². The van der Waals surface area contributed by atoms with Gasteiger partial charge >= 0.3 is 0 Å². The molecule has 12 heavy (non-hydrogen) atoms. The van der Waals surface area contributed by atoms with E-state index >= 15 is 0 Å². The Morgan fingerprint density at radius 1 is 1.42 bits per heavy atom. The van der Waals surface area contributed by atoms with Crippen molar-refractivity contribution in [1.29, 1.82) is 0 Å². The van der Waals surface area contributed by atoms with Crippen LogP contribution in [0.2, 0.25) is 0 Å².